The van der Waals surface area contributed by atoms with Crippen molar-refractivity contribution in [1.29, 1.82) is 0 Å². The highest BCUT2D eigenvalue weighted by molar-refractivity contribution is 7.98. The van der Waals surface area contributed by atoms with Crippen molar-refractivity contribution < 1.29 is 10.2 Å². The fourth-order valence-corrected chi connectivity index (χ4v) is 1.65. The van der Waals surface area contributed by atoms with Gasteiger partial charge in [0.25, 0.3) is 0 Å². The molecule has 0 rings (SSSR count). The van der Waals surface area contributed by atoms with Crippen LogP contribution in [0.3, 0.4) is 0 Å². The van der Waals surface area contributed by atoms with Crippen LogP contribution in [0.25, 0.3) is 0 Å². The molecule has 0 saturated heterocycles. The number of hydrogen-bond acceptors (Lipinski definition) is 4. The molecule has 0 spiro atoms. The van der Waals surface area contributed by atoms with E-state index in [9.17, 15) is 5.11 Å². The molecule has 0 aliphatic carbocycles. The van der Waals surface area contributed by atoms with Crippen LogP contribution in [-0.2, 0) is 0 Å². The quantitative estimate of drug-likeness (QED) is 0.501. The molecule has 74 valence electrons. The van der Waals surface area contributed by atoms with Crippen molar-refractivity contribution in [2.24, 2.45) is 0 Å². The van der Waals surface area contributed by atoms with Gasteiger partial charge >= 0.3 is 0 Å². The van der Waals surface area contributed by atoms with Gasteiger partial charge in [0.1, 0.15) is 0 Å². The van der Waals surface area contributed by atoms with Crippen LogP contribution in [0.15, 0.2) is 0 Å². The van der Waals surface area contributed by atoms with Crippen LogP contribution >= 0.6 is 11.8 Å². The first-order chi connectivity index (χ1) is 5.62. The molecule has 0 aliphatic rings. The minimum atomic E-state index is -0.630. The van der Waals surface area contributed by atoms with Gasteiger partial charge in [-0.2, -0.15) is 11.8 Å². The van der Waals surface area contributed by atoms with E-state index < -0.39 is 5.60 Å². The van der Waals surface area contributed by atoms with Gasteiger partial charge in [-0.1, -0.05) is 0 Å². The smallest absolute Gasteiger partial charge is 0.0833 e. The Kier molecular flexibility index (Phi) is 6.84. The van der Waals surface area contributed by atoms with Crippen LogP contribution in [0.4, 0.5) is 0 Å². The first kappa shape index (κ1) is 12.2. The van der Waals surface area contributed by atoms with Crippen molar-refractivity contribution in [1.82, 2.24) is 5.32 Å². The van der Waals surface area contributed by atoms with Gasteiger partial charge in [-0.25, -0.2) is 0 Å². The normalized spacial score (nSPS) is 16.0. The van der Waals surface area contributed by atoms with Gasteiger partial charge in [-0.3, -0.25) is 0 Å². The van der Waals surface area contributed by atoms with E-state index in [-0.39, 0.29) is 6.61 Å². The Morgan fingerprint density at radius 2 is 2.17 bits per heavy atom. The van der Waals surface area contributed by atoms with Gasteiger partial charge in [-0.15, -0.1) is 0 Å². The molecule has 0 aliphatic heterocycles. The summed E-state index contributed by atoms with van der Waals surface area (Å²) < 4.78 is 0. The Bertz CT molecular complexity index is 109. The molecule has 0 amide bonds. The molecule has 4 heteroatoms. The van der Waals surface area contributed by atoms with Crippen molar-refractivity contribution in [2.75, 3.05) is 31.7 Å². The summed E-state index contributed by atoms with van der Waals surface area (Å²) in [6.07, 6.45) is 2.72. The zero-order valence-corrected chi connectivity index (χ0v) is 8.65. The van der Waals surface area contributed by atoms with Crippen LogP contribution in [0.5, 0.6) is 0 Å². The number of rotatable bonds is 7. The van der Waals surface area contributed by atoms with E-state index >= 15 is 0 Å². The summed E-state index contributed by atoms with van der Waals surface area (Å²) in [5.41, 5.74) is -0.630. The Hall–Kier alpha value is 0.230. The van der Waals surface area contributed by atoms with Crippen LogP contribution in [0.2, 0.25) is 0 Å². The lowest BCUT2D eigenvalue weighted by molar-refractivity contribution is 0.0845. The van der Waals surface area contributed by atoms with Crippen LogP contribution in [-0.4, -0.2) is 47.5 Å². The monoisotopic (exact) mass is 193 g/mol. The summed E-state index contributed by atoms with van der Waals surface area (Å²) in [7, 11) is 0. The van der Waals surface area contributed by atoms with Crippen molar-refractivity contribution in [3.8, 4) is 0 Å². The number of aliphatic hydroxyl groups is 2. The maximum atomic E-state index is 9.67. The molecular weight excluding hydrogens is 174 g/mol. The first-order valence-corrected chi connectivity index (χ1v) is 5.54. The average molecular weight is 193 g/mol. The number of thioether (sulfide) groups is 1. The lowest BCUT2D eigenvalue weighted by atomic mass is 10.1. The Morgan fingerprint density at radius 1 is 1.50 bits per heavy atom. The van der Waals surface area contributed by atoms with E-state index in [2.05, 4.69) is 5.32 Å². The number of aliphatic hydroxyl groups excluding tert-OH is 1. The molecule has 3 nitrogen and oxygen atoms in total. The average Bonchev–Trinajstić information content (AvgIpc) is 1.98. The van der Waals surface area contributed by atoms with Gasteiger partial charge in [0.15, 0.2) is 0 Å². The van der Waals surface area contributed by atoms with Crippen molar-refractivity contribution in [3.05, 3.63) is 0 Å². The second-order valence-corrected chi connectivity index (χ2v) is 4.05. The van der Waals surface area contributed by atoms with Gasteiger partial charge in [0, 0.05) is 18.9 Å². The molecule has 1 unspecified atom stereocenters. The van der Waals surface area contributed by atoms with E-state index in [4.69, 9.17) is 5.11 Å². The second kappa shape index (κ2) is 6.71. The SMILES string of the molecule is CSCC(C)(O)CNCCCO. The molecule has 3 N–H and O–H groups in total. The second-order valence-electron chi connectivity index (χ2n) is 3.18. The minimum absolute atomic E-state index is 0.206. The van der Waals surface area contributed by atoms with E-state index in [0.29, 0.717) is 6.54 Å². The predicted octanol–water partition coefficient (Wildman–Crippen LogP) is 0.0724. The maximum Gasteiger partial charge on any atom is 0.0833 e. The standard InChI is InChI=1S/C8H19NO2S/c1-8(11,7-12-2)6-9-4-3-5-10/h9-11H,3-7H2,1-2H3. The van der Waals surface area contributed by atoms with Crippen LogP contribution < -0.4 is 5.32 Å². The highest BCUT2D eigenvalue weighted by atomic mass is 32.2. The summed E-state index contributed by atoms with van der Waals surface area (Å²) in [4.78, 5) is 0. The fourth-order valence-electron chi connectivity index (χ4n) is 0.924. The number of hydrogen-bond donors (Lipinski definition) is 3. The molecule has 0 saturated carbocycles. The highest BCUT2D eigenvalue weighted by Crippen LogP contribution is 2.08. The molecule has 0 aromatic heterocycles. The highest BCUT2D eigenvalue weighted by Gasteiger charge is 2.18. The molecule has 1 atom stereocenters. The van der Waals surface area contributed by atoms with Crippen molar-refractivity contribution in [2.45, 2.75) is 18.9 Å². The molecule has 0 fully saturated rings. The van der Waals surface area contributed by atoms with Crippen LogP contribution in [0, 0.1) is 0 Å². The lowest BCUT2D eigenvalue weighted by Crippen LogP contribution is -2.40. The summed E-state index contributed by atoms with van der Waals surface area (Å²) in [5.74, 6) is 0.735. The topological polar surface area (TPSA) is 52.5 Å². The lowest BCUT2D eigenvalue weighted by Gasteiger charge is -2.22. The fraction of sp³-hybridized carbons (Fsp3) is 1.00. The summed E-state index contributed by atoms with van der Waals surface area (Å²) >= 11 is 1.63. The third kappa shape index (κ3) is 6.91. The predicted molar refractivity (Wildman–Crippen MR) is 53.6 cm³/mol. The zero-order valence-electron chi connectivity index (χ0n) is 7.84. The van der Waals surface area contributed by atoms with E-state index in [1.807, 2.05) is 13.2 Å². The van der Waals surface area contributed by atoms with E-state index in [1.165, 1.54) is 0 Å². The summed E-state index contributed by atoms with van der Waals surface area (Å²) in [6.45, 7) is 3.38. The van der Waals surface area contributed by atoms with Gasteiger partial charge in [-0.05, 0) is 26.1 Å². The number of nitrogens with one attached hydrogen (secondary N) is 1. The Balaban J connectivity index is 3.33. The maximum absolute atomic E-state index is 9.67. The van der Waals surface area contributed by atoms with Gasteiger partial charge in [0.05, 0.1) is 5.60 Å². The zero-order chi connectivity index (χ0) is 9.45. The van der Waals surface area contributed by atoms with Gasteiger partial charge in [0.2, 0.25) is 0 Å². The van der Waals surface area contributed by atoms with Gasteiger partial charge < -0.3 is 15.5 Å². The molecular formula is C8H19NO2S. The Morgan fingerprint density at radius 3 is 2.67 bits per heavy atom. The summed E-state index contributed by atoms with van der Waals surface area (Å²) in [5, 5.41) is 21.2. The first-order valence-electron chi connectivity index (χ1n) is 4.15. The molecule has 0 aromatic rings. The minimum Gasteiger partial charge on any atom is -0.396 e. The largest absolute Gasteiger partial charge is 0.396 e. The van der Waals surface area contributed by atoms with Crippen molar-refractivity contribution >= 4 is 11.8 Å². The molecule has 0 bridgehead atoms. The molecule has 0 aromatic carbocycles. The summed E-state index contributed by atoms with van der Waals surface area (Å²) in [6, 6.07) is 0. The van der Waals surface area contributed by atoms with E-state index in [1.54, 1.807) is 11.8 Å². The molecule has 0 radical (unpaired) electrons. The third-order valence-corrected chi connectivity index (χ3v) is 2.38. The van der Waals surface area contributed by atoms with E-state index in [0.717, 1.165) is 18.7 Å². The van der Waals surface area contributed by atoms with Crippen LogP contribution in [0.1, 0.15) is 13.3 Å². The van der Waals surface area contributed by atoms with Crippen molar-refractivity contribution in [3.63, 3.8) is 0 Å². The Labute approximate surface area is 78.6 Å². The molecule has 0 heterocycles. The third-order valence-electron chi connectivity index (χ3n) is 1.47. The molecule has 12 heavy (non-hydrogen) atoms.